The minimum atomic E-state index is -1.95. The topological polar surface area (TPSA) is 102 Å². The van der Waals surface area contributed by atoms with E-state index in [9.17, 15) is 19.5 Å². The van der Waals surface area contributed by atoms with Gasteiger partial charge in [0.25, 0.3) is 0 Å². The Morgan fingerprint density at radius 2 is 1.93 bits per heavy atom. The molecule has 4 unspecified atom stereocenters. The van der Waals surface area contributed by atoms with Crippen molar-refractivity contribution in [2.75, 3.05) is 19.7 Å². The molecule has 0 bridgehead atoms. The fraction of sp³-hybridized carbons (Fsp3) is 0.737. The Balaban J connectivity index is 2.04. The van der Waals surface area contributed by atoms with Gasteiger partial charge in [0.1, 0.15) is 18.8 Å². The van der Waals surface area contributed by atoms with Crippen LogP contribution in [0.15, 0.2) is 11.6 Å². The molecule has 8 heteroatoms. The molecule has 0 aromatic rings. The second-order valence-electron chi connectivity index (χ2n) is 7.46. The molecule has 2 rings (SSSR count). The van der Waals surface area contributed by atoms with Crippen LogP contribution in [0.3, 0.4) is 0 Å². The van der Waals surface area contributed by atoms with Gasteiger partial charge in [0.05, 0.1) is 6.04 Å². The molecule has 0 aliphatic carbocycles. The van der Waals surface area contributed by atoms with Gasteiger partial charge >= 0.3 is 17.9 Å². The van der Waals surface area contributed by atoms with Crippen LogP contribution in [-0.4, -0.2) is 71.5 Å². The zero-order chi connectivity index (χ0) is 20.4. The number of ether oxygens (including phenoxy) is 3. The lowest BCUT2D eigenvalue weighted by Gasteiger charge is -2.34. The number of hydrogen-bond donors (Lipinski definition) is 1. The third kappa shape index (κ3) is 4.50. The standard InChI is InChI=1S/C19H29NO7/c1-11(2)19(24,12(3)26-13(4)21)18(23)25-10-15-6-8-20-9-7-16(17(15)20)27-14(5)22/h6,11-12,16-17,24H,7-10H2,1-5H3. The van der Waals surface area contributed by atoms with E-state index in [4.69, 9.17) is 14.2 Å². The van der Waals surface area contributed by atoms with E-state index >= 15 is 0 Å². The van der Waals surface area contributed by atoms with E-state index < -0.39 is 29.6 Å². The van der Waals surface area contributed by atoms with Crippen molar-refractivity contribution in [3.8, 4) is 0 Å². The van der Waals surface area contributed by atoms with Gasteiger partial charge < -0.3 is 19.3 Å². The van der Waals surface area contributed by atoms with Crippen molar-refractivity contribution >= 4 is 17.9 Å². The van der Waals surface area contributed by atoms with Crippen LogP contribution >= 0.6 is 0 Å². The molecule has 2 aliphatic rings. The van der Waals surface area contributed by atoms with Crippen LogP contribution in [0.2, 0.25) is 0 Å². The van der Waals surface area contributed by atoms with Gasteiger partial charge in [-0.15, -0.1) is 0 Å². The highest BCUT2D eigenvalue weighted by molar-refractivity contribution is 5.81. The summed E-state index contributed by atoms with van der Waals surface area (Å²) in [5, 5.41) is 10.9. The first-order chi connectivity index (χ1) is 12.6. The van der Waals surface area contributed by atoms with E-state index in [1.54, 1.807) is 13.8 Å². The molecule has 0 aromatic heterocycles. The summed E-state index contributed by atoms with van der Waals surface area (Å²) in [6, 6.07) is -0.111. The average Bonchev–Trinajstić information content (AvgIpc) is 3.13. The lowest BCUT2D eigenvalue weighted by Crippen LogP contribution is -2.55. The lowest BCUT2D eigenvalue weighted by atomic mass is 9.85. The summed E-state index contributed by atoms with van der Waals surface area (Å²) in [6.07, 6.45) is 1.38. The van der Waals surface area contributed by atoms with Gasteiger partial charge in [-0.1, -0.05) is 19.9 Å². The maximum atomic E-state index is 12.6. The molecule has 0 radical (unpaired) electrons. The third-order valence-corrected chi connectivity index (χ3v) is 5.27. The first-order valence-electron chi connectivity index (χ1n) is 9.24. The molecule has 27 heavy (non-hydrogen) atoms. The number of aliphatic hydroxyl groups is 1. The average molecular weight is 383 g/mol. The summed E-state index contributed by atoms with van der Waals surface area (Å²) in [5.74, 6) is -2.28. The predicted octanol–water partition coefficient (Wildman–Crippen LogP) is 0.814. The normalized spacial score (nSPS) is 25.4. The fourth-order valence-electron chi connectivity index (χ4n) is 3.81. The van der Waals surface area contributed by atoms with E-state index in [2.05, 4.69) is 4.90 Å². The third-order valence-electron chi connectivity index (χ3n) is 5.27. The summed E-state index contributed by atoms with van der Waals surface area (Å²) < 4.78 is 15.8. The smallest absolute Gasteiger partial charge is 0.342 e. The molecular formula is C19H29NO7. The van der Waals surface area contributed by atoms with Gasteiger partial charge in [-0.05, 0) is 24.8 Å². The van der Waals surface area contributed by atoms with Gasteiger partial charge in [-0.3, -0.25) is 14.5 Å². The molecule has 1 saturated heterocycles. The highest BCUT2D eigenvalue weighted by Gasteiger charge is 2.49. The maximum absolute atomic E-state index is 12.6. The van der Waals surface area contributed by atoms with Crippen molar-refractivity contribution in [2.45, 2.75) is 64.9 Å². The Labute approximate surface area is 159 Å². The van der Waals surface area contributed by atoms with E-state index in [1.807, 2.05) is 6.08 Å². The zero-order valence-corrected chi connectivity index (χ0v) is 16.6. The predicted molar refractivity (Wildman–Crippen MR) is 95.6 cm³/mol. The Morgan fingerprint density at radius 1 is 1.26 bits per heavy atom. The van der Waals surface area contributed by atoms with Crippen LogP contribution in [0, 0.1) is 5.92 Å². The summed E-state index contributed by atoms with van der Waals surface area (Å²) in [5.41, 5.74) is -1.10. The van der Waals surface area contributed by atoms with Crippen molar-refractivity contribution < 1.29 is 33.7 Å². The van der Waals surface area contributed by atoms with Gasteiger partial charge in [-0.2, -0.15) is 0 Å². The number of esters is 3. The Hall–Kier alpha value is -1.93. The molecule has 0 amide bonds. The molecule has 152 valence electrons. The van der Waals surface area contributed by atoms with Crippen LogP contribution in [-0.2, 0) is 28.6 Å². The van der Waals surface area contributed by atoms with Crippen molar-refractivity contribution in [3.63, 3.8) is 0 Å². The fourth-order valence-corrected chi connectivity index (χ4v) is 3.81. The molecule has 1 N–H and O–H groups in total. The zero-order valence-electron chi connectivity index (χ0n) is 16.6. The minimum Gasteiger partial charge on any atom is -0.460 e. The molecule has 2 aliphatic heterocycles. The van der Waals surface area contributed by atoms with Crippen molar-refractivity contribution in [1.82, 2.24) is 4.90 Å². The molecular weight excluding hydrogens is 354 g/mol. The highest BCUT2D eigenvalue weighted by Crippen LogP contribution is 2.32. The summed E-state index contributed by atoms with van der Waals surface area (Å²) in [4.78, 5) is 37.3. The minimum absolute atomic E-state index is 0.0143. The molecule has 8 nitrogen and oxygen atoms in total. The number of fused-ring (bicyclic) bond motifs is 1. The van der Waals surface area contributed by atoms with E-state index in [0.717, 1.165) is 18.5 Å². The van der Waals surface area contributed by atoms with Crippen LogP contribution < -0.4 is 0 Å². The van der Waals surface area contributed by atoms with Gasteiger partial charge in [0.2, 0.25) is 5.60 Å². The second kappa shape index (κ2) is 8.39. The van der Waals surface area contributed by atoms with E-state index in [0.29, 0.717) is 6.54 Å². The lowest BCUT2D eigenvalue weighted by molar-refractivity contribution is -0.192. The summed E-state index contributed by atoms with van der Waals surface area (Å²) >= 11 is 0. The summed E-state index contributed by atoms with van der Waals surface area (Å²) in [7, 11) is 0. The first-order valence-corrected chi connectivity index (χ1v) is 9.24. The van der Waals surface area contributed by atoms with Gasteiger partial charge in [0.15, 0.2) is 0 Å². The Bertz CT molecular complexity index is 630. The highest BCUT2D eigenvalue weighted by atomic mass is 16.6. The molecule has 0 saturated carbocycles. The largest absolute Gasteiger partial charge is 0.460 e. The number of carbonyl (C=O) groups is 3. The Morgan fingerprint density at radius 3 is 2.48 bits per heavy atom. The number of hydrogen-bond acceptors (Lipinski definition) is 8. The quantitative estimate of drug-likeness (QED) is 0.392. The molecule has 4 atom stereocenters. The van der Waals surface area contributed by atoms with Crippen molar-refractivity contribution in [1.29, 1.82) is 0 Å². The van der Waals surface area contributed by atoms with Gasteiger partial charge in [-0.25, -0.2) is 4.79 Å². The van der Waals surface area contributed by atoms with Crippen LogP contribution in [0.1, 0.15) is 41.0 Å². The maximum Gasteiger partial charge on any atom is 0.342 e. The van der Waals surface area contributed by atoms with Crippen LogP contribution in [0.25, 0.3) is 0 Å². The molecule has 1 fully saturated rings. The van der Waals surface area contributed by atoms with E-state index in [-0.39, 0.29) is 24.7 Å². The van der Waals surface area contributed by atoms with Gasteiger partial charge in [0, 0.05) is 26.9 Å². The first kappa shape index (κ1) is 21.4. The van der Waals surface area contributed by atoms with Crippen molar-refractivity contribution in [3.05, 3.63) is 11.6 Å². The van der Waals surface area contributed by atoms with Crippen molar-refractivity contribution in [2.24, 2.45) is 5.92 Å². The summed E-state index contributed by atoms with van der Waals surface area (Å²) in [6.45, 7) is 8.86. The van der Waals surface area contributed by atoms with Crippen LogP contribution in [0.5, 0.6) is 0 Å². The number of nitrogens with zero attached hydrogens (tertiary/aromatic N) is 1. The SMILES string of the molecule is CC(=O)OC1CCN2CC=C(COC(=O)C(O)(C(C)C)C(C)OC(C)=O)C12. The number of carbonyl (C=O) groups excluding carboxylic acids is 3. The molecule has 0 aromatic carbocycles. The second-order valence-corrected chi connectivity index (χ2v) is 7.46. The Kier molecular flexibility index (Phi) is 6.64. The van der Waals surface area contributed by atoms with Crippen LogP contribution in [0.4, 0.5) is 0 Å². The monoisotopic (exact) mass is 383 g/mol. The molecule has 0 spiro atoms. The molecule has 2 heterocycles. The number of rotatable bonds is 7. The van der Waals surface area contributed by atoms with E-state index in [1.165, 1.54) is 20.8 Å².